The molecule has 26 heavy (non-hydrogen) atoms. The SMILES string of the molecule is Br.c1ccc(Nc2nc(-c3ccc(Oc4ccccc4)cc3)cs2)cc1. The third-order valence-corrected chi connectivity index (χ3v) is 4.42. The number of nitrogens with zero attached hydrogens (tertiary/aromatic N) is 1. The van der Waals surface area contributed by atoms with Crippen LogP contribution in [0.3, 0.4) is 0 Å². The van der Waals surface area contributed by atoms with E-state index in [1.165, 1.54) is 0 Å². The summed E-state index contributed by atoms with van der Waals surface area (Å²) in [6, 6.07) is 27.8. The highest BCUT2D eigenvalue weighted by Crippen LogP contribution is 2.29. The molecule has 1 N–H and O–H groups in total. The first-order valence-corrected chi connectivity index (χ1v) is 8.86. The van der Waals surface area contributed by atoms with E-state index in [1.807, 2.05) is 84.9 Å². The van der Waals surface area contributed by atoms with Gasteiger partial charge >= 0.3 is 0 Å². The van der Waals surface area contributed by atoms with Crippen molar-refractivity contribution in [1.82, 2.24) is 4.98 Å². The van der Waals surface area contributed by atoms with E-state index in [1.54, 1.807) is 11.3 Å². The number of anilines is 2. The van der Waals surface area contributed by atoms with Crippen molar-refractivity contribution < 1.29 is 4.74 Å². The van der Waals surface area contributed by atoms with Crippen molar-refractivity contribution in [2.24, 2.45) is 0 Å². The van der Waals surface area contributed by atoms with E-state index in [-0.39, 0.29) is 17.0 Å². The van der Waals surface area contributed by atoms with Gasteiger partial charge < -0.3 is 10.1 Å². The van der Waals surface area contributed by atoms with Gasteiger partial charge in [0.2, 0.25) is 0 Å². The smallest absolute Gasteiger partial charge is 0.187 e. The summed E-state index contributed by atoms with van der Waals surface area (Å²) in [5, 5.41) is 6.26. The van der Waals surface area contributed by atoms with Crippen molar-refractivity contribution in [2.45, 2.75) is 0 Å². The van der Waals surface area contributed by atoms with Gasteiger partial charge in [-0.05, 0) is 48.5 Å². The number of halogens is 1. The molecule has 0 aliphatic rings. The number of nitrogens with one attached hydrogen (secondary N) is 1. The maximum Gasteiger partial charge on any atom is 0.187 e. The Balaban J connectivity index is 0.00000196. The molecule has 0 aliphatic heterocycles. The highest BCUT2D eigenvalue weighted by molar-refractivity contribution is 8.93. The van der Waals surface area contributed by atoms with E-state index < -0.39 is 0 Å². The maximum atomic E-state index is 5.82. The summed E-state index contributed by atoms with van der Waals surface area (Å²) in [6.45, 7) is 0. The number of ether oxygens (including phenoxy) is 1. The van der Waals surface area contributed by atoms with Crippen LogP contribution in [0.1, 0.15) is 0 Å². The van der Waals surface area contributed by atoms with E-state index in [0.29, 0.717) is 0 Å². The Labute approximate surface area is 167 Å². The van der Waals surface area contributed by atoms with Crippen LogP contribution in [0.25, 0.3) is 11.3 Å². The van der Waals surface area contributed by atoms with Gasteiger partial charge in [0.05, 0.1) is 5.69 Å². The third kappa shape index (κ3) is 4.50. The van der Waals surface area contributed by atoms with Crippen LogP contribution in [-0.2, 0) is 0 Å². The lowest BCUT2D eigenvalue weighted by Crippen LogP contribution is -1.88. The number of aromatic nitrogens is 1. The molecule has 0 spiro atoms. The van der Waals surface area contributed by atoms with Gasteiger partial charge in [0.1, 0.15) is 11.5 Å². The van der Waals surface area contributed by atoms with E-state index >= 15 is 0 Å². The van der Waals surface area contributed by atoms with Crippen molar-refractivity contribution in [1.29, 1.82) is 0 Å². The van der Waals surface area contributed by atoms with Crippen molar-refractivity contribution >= 4 is 39.1 Å². The van der Waals surface area contributed by atoms with Gasteiger partial charge in [-0.1, -0.05) is 36.4 Å². The first-order chi connectivity index (χ1) is 12.4. The van der Waals surface area contributed by atoms with Crippen LogP contribution < -0.4 is 10.1 Å². The Hall–Kier alpha value is -2.63. The van der Waals surface area contributed by atoms with E-state index in [2.05, 4.69) is 15.7 Å². The highest BCUT2D eigenvalue weighted by Gasteiger charge is 2.05. The molecule has 130 valence electrons. The van der Waals surface area contributed by atoms with E-state index in [0.717, 1.165) is 33.6 Å². The molecule has 1 aromatic heterocycles. The third-order valence-electron chi connectivity index (χ3n) is 3.66. The molecule has 5 heteroatoms. The number of hydrogen-bond acceptors (Lipinski definition) is 4. The molecule has 4 rings (SSSR count). The van der Waals surface area contributed by atoms with Crippen molar-refractivity contribution in [3.05, 3.63) is 90.3 Å². The Bertz CT molecular complexity index is 941. The molecule has 0 amide bonds. The second-order valence-corrected chi connectivity index (χ2v) is 6.33. The molecular weight excluding hydrogens is 408 g/mol. The van der Waals surface area contributed by atoms with Crippen molar-refractivity contribution in [2.75, 3.05) is 5.32 Å². The summed E-state index contributed by atoms with van der Waals surface area (Å²) in [5.41, 5.74) is 3.06. The van der Waals surface area contributed by atoms with Crippen LogP contribution in [0.5, 0.6) is 11.5 Å². The monoisotopic (exact) mass is 424 g/mol. The minimum absolute atomic E-state index is 0. The van der Waals surface area contributed by atoms with Gasteiger partial charge in [-0.15, -0.1) is 28.3 Å². The van der Waals surface area contributed by atoms with Crippen molar-refractivity contribution in [3.63, 3.8) is 0 Å². The standard InChI is InChI=1S/C21H16N2OS.BrH/c1-3-7-17(8-4-1)22-21-23-20(15-25-21)16-11-13-19(14-12-16)24-18-9-5-2-6-10-18;/h1-15H,(H,22,23);1H. The number of benzene rings is 3. The Morgan fingerprint density at radius 2 is 1.35 bits per heavy atom. The maximum absolute atomic E-state index is 5.82. The van der Waals surface area contributed by atoms with Gasteiger partial charge in [0.25, 0.3) is 0 Å². The van der Waals surface area contributed by atoms with Crippen LogP contribution in [0, 0.1) is 0 Å². The minimum atomic E-state index is 0. The molecule has 0 fully saturated rings. The molecule has 0 bridgehead atoms. The average molecular weight is 425 g/mol. The van der Waals surface area contributed by atoms with Gasteiger partial charge in [-0.2, -0.15) is 0 Å². The zero-order chi connectivity index (χ0) is 16.9. The van der Waals surface area contributed by atoms with Gasteiger partial charge in [0.15, 0.2) is 5.13 Å². The summed E-state index contributed by atoms with van der Waals surface area (Å²) in [5.74, 6) is 1.64. The summed E-state index contributed by atoms with van der Waals surface area (Å²) in [4.78, 5) is 4.66. The fourth-order valence-corrected chi connectivity index (χ4v) is 3.17. The van der Waals surface area contributed by atoms with Gasteiger partial charge in [-0.25, -0.2) is 4.98 Å². The molecule has 3 nitrogen and oxygen atoms in total. The molecule has 0 atom stereocenters. The first kappa shape index (κ1) is 18.2. The van der Waals surface area contributed by atoms with Crippen LogP contribution in [0.4, 0.5) is 10.8 Å². The molecule has 0 unspecified atom stereocenters. The molecular formula is C21H17BrN2OS. The number of rotatable bonds is 5. The molecule has 0 aliphatic carbocycles. The molecule has 1 heterocycles. The second kappa shape index (κ2) is 8.65. The lowest BCUT2D eigenvalue weighted by molar-refractivity contribution is 0.483. The van der Waals surface area contributed by atoms with Crippen molar-refractivity contribution in [3.8, 4) is 22.8 Å². The summed E-state index contributed by atoms with van der Waals surface area (Å²) < 4.78 is 5.82. The second-order valence-electron chi connectivity index (χ2n) is 5.47. The Morgan fingerprint density at radius 1 is 0.731 bits per heavy atom. The molecule has 4 aromatic rings. The first-order valence-electron chi connectivity index (χ1n) is 7.98. The van der Waals surface area contributed by atoms with Crippen LogP contribution in [-0.4, -0.2) is 4.98 Å². The summed E-state index contributed by atoms with van der Waals surface area (Å²) in [6.07, 6.45) is 0. The van der Waals surface area contributed by atoms with E-state index in [9.17, 15) is 0 Å². The van der Waals surface area contributed by atoms with E-state index in [4.69, 9.17) is 4.74 Å². The number of para-hydroxylation sites is 2. The lowest BCUT2D eigenvalue weighted by Gasteiger charge is -2.06. The zero-order valence-electron chi connectivity index (χ0n) is 13.8. The lowest BCUT2D eigenvalue weighted by atomic mass is 10.2. The molecule has 0 saturated carbocycles. The normalized spacial score (nSPS) is 10.0. The van der Waals surface area contributed by atoms with Crippen LogP contribution in [0.2, 0.25) is 0 Å². The Morgan fingerprint density at radius 3 is 2.04 bits per heavy atom. The van der Waals surface area contributed by atoms with Crippen LogP contribution >= 0.6 is 28.3 Å². The van der Waals surface area contributed by atoms with Gasteiger partial charge in [-0.3, -0.25) is 0 Å². The number of hydrogen-bond donors (Lipinski definition) is 1. The number of thiazole rings is 1. The summed E-state index contributed by atoms with van der Waals surface area (Å²) in [7, 11) is 0. The molecule has 3 aromatic carbocycles. The largest absolute Gasteiger partial charge is 0.457 e. The predicted molar refractivity (Wildman–Crippen MR) is 114 cm³/mol. The predicted octanol–water partition coefficient (Wildman–Crippen LogP) is 6.92. The topological polar surface area (TPSA) is 34.2 Å². The summed E-state index contributed by atoms with van der Waals surface area (Å²) >= 11 is 1.59. The van der Waals surface area contributed by atoms with Crippen LogP contribution in [0.15, 0.2) is 90.3 Å². The van der Waals surface area contributed by atoms with Gasteiger partial charge in [0, 0.05) is 16.6 Å². The molecule has 0 saturated heterocycles. The zero-order valence-corrected chi connectivity index (χ0v) is 16.4. The fraction of sp³-hybridized carbons (Fsp3) is 0. The fourth-order valence-electron chi connectivity index (χ4n) is 2.43. The Kier molecular flexibility index (Phi) is 6.04. The molecule has 0 radical (unpaired) electrons. The minimum Gasteiger partial charge on any atom is -0.457 e. The quantitative estimate of drug-likeness (QED) is 0.377. The average Bonchev–Trinajstić information content (AvgIpc) is 3.12. The highest BCUT2D eigenvalue weighted by atomic mass is 79.9.